The van der Waals surface area contributed by atoms with E-state index in [0.717, 1.165) is 28.5 Å². The SMILES string of the molecule is Cc1ccccc1CN1C(=O)S/C(=C\c2ccccc2)C1=O. The second kappa shape index (κ2) is 6.20. The van der Waals surface area contributed by atoms with Gasteiger partial charge in [0.2, 0.25) is 0 Å². The molecule has 2 aromatic carbocycles. The minimum atomic E-state index is -0.220. The molecule has 1 fully saturated rings. The molecule has 0 aliphatic carbocycles. The van der Waals surface area contributed by atoms with Gasteiger partial charge in [-0.1, -0.05) is 54.6 Å². The molecular weight excluding hydrogens is 294 g/mol. The van der Waals surface area contributed by atoms with Gasteiger partial charge in [-0.25, -0.2) is 0 Å². The minimum absolute atomic E-state index is 0.213. The summed E-state index contributed by atoms with van der Waals surface area (Å²) in [6.07, 6.45) is 1.77. The third kappa shape index (κ3) is 2.97. The monoisotopic (exact) mass is 309 g/mol. The zero-order valence-electron chi connectivity index (χ0n) is 12.2. The van der Waals surface area contributed by atoms with Crippen molar-refractivity contribution in [3.8, 4) is 0 Å². The number of amides is 2. The second-order valence-electron chi connectivity index (χ2n) is 5.11. The minimum Gasteiger partial charge on any atom is -0.268 e. The Morgan fingerprint density at radius 1 is 1.00 bits per heavy atom. The van der Waals surface area contributed by atoms with Crippen LogP contribution in [0.4, 0.5) is 4.79 Å². The summed E-state index contributed by atoms with van der Waals surface area (Å²) in [7, 11) is 0. The van der Waals surface area contributed by atoms with Gasteiger partial charge in [-0.2, -0.15) is 0 Å². The lowest BCUT2D eigenvalue weighted by molar-refractivity contribution is -0.123. The topological polar surface area (TPSA) is 37.4 Å². The molecular formula is C18H15NO2S. The molecule has 0 saturated carbocycles. The second-order valence-corrected chi connectivity index (χ2v) is 6.10. The molecule has 4 heteroatoms. The highest BCUT2D eigenvalue weighted by Gasteiger charge is 2.35. The van der Waals surface area contributed by atoms with Crippen molar-refractivity contribution in [1.29, 1.82) is 0 Å². The van der Waals surface area contributed by atoms with Gasteiger partial charge in [0.1, 0.15) is 0 Å². The zero-order chi connectivity index (χ0) is 15.5. The molecule has 0 unspecified atom stereocenters. The van der Waals surface area contributed by atoms with Crippen molar-refractivity contribution in [3.05, 3.63) is 76.2 Å². The Hall–Kier alpha value is -2.33. The number of aryl methyl sites for hydroxylation is 1. The summed E-state index contributed by atoms with van der Waals surface area (Å²) < 4.78 is 0. The van der Waals surface area contributed by atoms with Crippen molar-refractivity contribution >= 4 is 29.0 Å². The van der Waals surface area contributed by atoms with Gasteiger partial charge < -0.3 is 0 Å². The number of carbonyl (C=O) groups is 2. The van der Waals surface area contributed by atoms with Crippen LogP contribution in [-0.4, -0.2) is 16.0 Å². The molecule has 0 aromatic heterocycles. The maximum Gasteiger partial charge on any atom is 0.293 e. The van der Waals surface area contributed by atoms with E-state index < -0.39 is 0 Å². The summed E-state index contributed by atoms with van der Waals surface area (Å²) in [5.74, 6) is -0.220. The van der Waals surface area contributed by atoms with Crippen molar-refractivity contribution in [1.82, 2.24) is 4.90 Å². The molecule has 3 nitrogen and oxygen atoms in total. The smallest absolute Gasteiger partial charge is 0.268 e. The van der Waals surface area contributed by atoms with Gasteiger partial charge >= 0.3 is 0 Å². The standard InChI is InChI=1S/C18H15NO2S/c1-13-7-5-6-10-15(13)12-19-17(20)16(22-18(19)21)11-14-8-3-2-4-9-14/h2-11H,12H2,1H3/b16-11-. The summed E-state index contributed by atoms with van der Waals surface area (Å²) in [4.78, 5) is 26.4. The van der Waals surface area contributed by atoms with Crippen LogP contribution in [0.1, 0.15) is 16.7 Å². The van der Waals surface area contributed by atoms with Gasteiger partial charge in [-0.05, 0) is 41.5 Å². The van der Waals surface area contributed by atoms with E-state index in [2.05, 4.69) is 0 Å². The Labute approximate surface area is 133 Å². The fraction of sp³-hybridized carbons (Fsp3) is 0.111. The Kier molecular flexibility index (Phi) is 4.11. The Morgan fingerprint density at radius 3 is 2.41 bits per heavy atom. The first-order chi connectivity index (χ1) is 10.6. The number of thioether (sulfide) groups is 1. The first-order valence-electron chi connectivity index (χ1n) is 7.00. The van der Waals surface area contributed by atoms with Crippen LogP contribution < -0.4 is 0 Å². The molecule has 0 N–H and O–H groups in total. The summed E-state index contributed by atoms with van der Waals surface area (Å²) >= 11 is 1.00. The van der Waals surface area contributed by atoms with Gasteiger partial charge in [0.25, 0.3) is 11.1 Å². The normalized spacial score (nSPS) is 16.6. The van der Waals surface area contributed by atoms with Gasteiger partial charge in [-0.15, -0.1) is 0 Å². The summed E-state index contributed by atoms with van der Waals surface area (Å²) in [6, 6.07) is 17.3. The molecule has 0 bridgehead atoms. The Morgan fingerprint density at radius 2 is 1.68 bits per heavy atom. The van der Waals surface area contributed by atoms with Gasteiger partial charge in [0.05, 0.1) is 11.4 Å². The van der Waals surface area contributed by atoms with E-state index in [0.29, 0.717) is 11.4 Å². The van der Waals surface area contributed by atoms with Gasteiger partial charge in [-0.3, -0.25) is 14.5 Å². The lowest BCUT2D eigenvalue weighted by atomic mass is 10.1. The third-order valence-electron chi connectivity index (χ3n) is 3.56. The first-order valence-corrected chi connectivity index (χ1v) is 7.82. The van der Waals surface area contributed by atoms with Crippen molar-refractivity contribution < 1.29 is 9.59 Å². The number of rotatable bonds is 3. The predicted octanol–water partition coefficient (Wildman–Crippen LogP) is 4.23. The number of hydrogen-bond acceptors (Lipinski definition) is 3. The molecule has 0 atom stereocenters. The van der Waals surface area contributed by atoms with Gasteiger partial charge in [0.15, 0.2) is 0 Å². The first kappa shape index (κ1) is 14.6. The molecule has 1 aliphatic rings. The molecule has 0 spiro atoms. The van der Waals surface area contributed by atoms with Crippen LogP contribution in [-0.2, 0) is 11.3 Å². The van der Waals surface area contributed by atoms with E-state index >= 15 is 0 Å². The quantitative estimate of drug-likeness (QED) is 0.796. The van der Waals surface area contributed by atoms with E-state index in [1.165, 1.54) is 4.90 Å². The molecule has 1 saturated heterocycles. The molecule has 0 radical (unpaired) electrons. The highest BCUT2D eigenvalue weighted by molar-refractivity contribution is 8.18. The summed E-state index contributed by atoms with van der Waals surface area (Å²) in [5.41, 5.74) is 2.99. The van der Waals surface area contributed by atoms with Crippen molar-refractivity contribution in [2.24, 2.45) is 0 Å². The van der Waals surface area contributed by atoms with Crippen molar-refractivity contribution in [2.75, 3.05) is 0 Å². The number of nitrogens with zero attached hydrogens (tertiary/aromatic N) is 1. The zero-order valence-corrected chi connectivity index (χ0v) is 13.0. The molecule has 1 aliphatic heterocycles. The number of benzene rings is 2. The molecule has 2 amide bonds. The molecule has 2 aromatic rings. The van der Waals surface area contributed by atoms with Crippen molar-refractivity contribution in [2.45, 2.75) is 13.5 Å². The highest BCUT2D eigenvalue weighted by atomic mass is 32.2. The molecule has 110 valence electrons. The van der Waals surface area contributed by atoms with E-state index in [1.54, 1.807) is 6.08 Å². The fourth-order valence-corrected chi connectivity index (χ4v) is 3.13. The van der Waals surface area contributed by atoms with Gasteiger partial charge in [0, 0.05) is 0 Å². The van der Waals surface area contributed by atoms with Crippen LogP contribution in [0.25, 0.3) is 6.08 Å². The average molecular weight is 309 g/mol. The maximum atomic E-state index is 12.5. The van der Waals surface area contributed by atoms with Crippen LogP contribution >= 0.6 is 11.8 Å². The number of imide groups is 1. The largest absolute Gasteiger partial charge is 0.293 e. The molecule has 1 heterocycles. The van der Waals surface area contributed by atoms with Crippen LogP contribution in [0.2, 0.25) is 0 Å². The van der Waals surface area contributed by atoms with E-state index in [1.807, 2.05) is 61.5 Å². The van der Waals surface area contributed by atoms with E-state index in [9.17, 15) is 9.59 Å². The Bertz CT molecular complexity index is 753. The average Bonchev–Trinajstić information content (AvgIpc) is 2.78. The summed E-state index contributed by atoms with van der Waals surface area (Å²) in [6.45, 7) is 2.30. The Balaban J connectivity index is 1.83. The lowest BCUT2D eigenvalue weighted by Crippen LogP contribution is -2.27. The lowest BCUT2D eigenvalue weighted by Gasteiger charge is -2.14. The number of carbonyl (C=O) groups excluding carboxylic acids is 2. The molecule has 22 heavy (non-hydrogen) atoms. The highest BCUT2D eigenvalue weighted by Crippen LogP contribution is 2.33. The third-order valence-corrected chi connectivity index (χ3v) is 4.47. The fourth-order valence-electron chi connectivity index (χ4n) is 2.29. The van der Waals surface area contributed by atoms with Crippen LogP contribution in [0.15, 0.2) is 59.5 Å². The van der Waals surface area contributed by atoms with Crippen molar-refractivity contribution in [3.63, 3.8) is 0 Å². The van der Waals surface area contributed by atoms with Crippen LogP contribution in [0.3, 0.4) is 0 Å². The van der Waals surface area contributed by atoms with Crippen LogP contribution in [0, 0.1) is 6.92 Å². The number of hydrogen-bond donors (Lipinski definition) is 0. The predicted molar refractivity (Wildman–Crippen MR) is 89.1 cm³/mol. The van der Waals surface area contributed by atoms with E-state index in [-0.39, 0.29) is 11.1 Å². The van der Waals surface area contributed by atoms with E-state index in [4.69, 9.17) is 0 Å². The summed E-state index contributed by atoms with van der Waals surface area (Å²) in [5, 5.41) is -0.213. The molecule has 3 rings (SSSR count). The maximum absolute atomic E-state index is 12.5. The van der Waals surface area contributed by atoms with Crippen LogP contribution in [0.5, 0.6) is 0 Å².